The second-order valence-corrected chi connectivity index (χ2v) is 6.62. The van der Waals surface area contributed by atoms with E-state index in [0.717, 1.165) is 38.6 Å². The summed E-state index contributed by atoms with van der Waals surface area (Å²) in [5, 5.41) is 21.3. The van der Waals surface area contributed by atoms with Crippen molar-refractivity contribution in [2.45, 2.75) is 0 Å². The van der Waals surface area contributed by atoms with Crippen LogP contribution < -0.4 is 0 Å². The van der Waals surface area contributed by atoms with Crippen molar-refractivity contribution in [2.75, 3.05) is 0 Å². The van der Waals surface area contributed by atoms with E-state index in [1.165, 1.54) is 0 Å². The molecule has 2 aromatic heterocycles. The molecular formula is C24H15N3O. The summed E-state index contributed by atoms with van der Waals surface area (Å²) >= 11 is 0. The van der Waals surface area contributed by atoms with Gasteiger partial charge >= 0.3 is 0 Å². The van der Waals surface area contributed by atoms with Gasteiger partial charge in [0.1, 0.15) is 0 Å². The number of aromatic nitrogens is 2. The lowest BCUT2D eigenvalue weighted by Crippen LogP contribution is -1.95. The summed E-state index contributed by atoms with van der Waals surface area (Å²) in [5.41, 5.74) is 5.67. The van der Waals surface area contributed by atoms with Gasteiger partial charge in [-0.1, -0.05) is 36.4 Å². The highest BCUT2D eigenvalue weighted by atomic mass is 16.3. The average Bonchev–Trinajstić information content (AvgIpc) is 3.08. The molecule has 0 radical (unpaired) electrons. The number of rotatable bonds is 2. The molecule has 0 bridgehead atoms. The third-order valence-electron chi connectivity index (χ3n) is 5.01. The monoisotopic (exact) mass is 361 g/mol. The van der Waals surface area contributed by atoms with E-state index in [1.54, 1.807) is 12.3 Å². The first kappa shape index (κ1) is 16.1. The predicted octanol–water partition coefficient (Wildman–Crippen LogP) is 5.42. The lowest BCUT2D eigenvalue weighted by atomic mass is 10.0. The topological polar surface area (TPSA) is 61.8 Å². The second kappa shape index (κ2) is 6.26. The number of para-hydroxylation sites is 2. The number of nitrogens with zero attached hydrogens (tertiary/aromatic N) is 3. The minimum absolute atomic E-state index is 0.00413. The van der Waals surface area contributed by atoms with E-state index < -0.39 is 0 Å². The first-order valence-electron chi connectivity index (χ1n) is 8.94. The Morgan fingerprint density at radius 2 is 1.64 bits per heavy atom. The molecule has 4 nitrogen and oxygen atoms in total. The van der Waals surface area contributed by atoms with Crippen LogP contribution >= 0.6 is 0 Å². The zero-order valence-corrected chi connectivity index (χ0v) is 14.9. The van der Waals surface area contributed by atoms with Crippen molar-refractivity contribution in [3.05, 3.63) is 90.6 Å². The fraction of sp³-hybridized carbons (Fsp3) is 0. The van der Waals surface area contributed by atoms with Crippen LogP contribution in [-0.4, -0.2) is 14.7 Å². The summed E-state index contributed by atoms with van der Waals surface area (Å²) in [6.45, 7) is 0. The van der Waals surface area contributed by atoms with Crippen LogP contribution in [0.5, 0.6) is 5.88 Å². The van der Waals surface area contributed by atoms with Crippen molar-refractivity contribution in [1.29, 1.82) is 5.26 Å². The SMILES string of the molecule is N#Cc1ccc(-n2c3ccccc3c3cccc(-c4ccnc(O)c4)c32)cc1. The first-order chi connectivity index (χ1) is 13.8. The van der Waals surface area contributed by atoms with E-state index in [4.69, 9.17) is 5.26 Å². The van der Waals surface area contributed by atoms with Crippen LogP contribution in [-0.2, 0) is 0 Å². The van der Waals surface area contributed by atoms with Gasteiger partial charge < -0.3 is 9.67 Å². The lowest BCUT2D eigenvalue weighted by Gasteiger charge is -2.12. The number of nitriles is 1. The maximum absolute atomic E-state index is 9.88. The maximum atomic E-state index is 9.88. The number of hydrogen-bond donors (Lipinski definition) is 1. The minimum atomic E-state index is -0.00413. The van der Waals surface area contributed by atoms with Crippen LogP contribution in [0.15, 0.2) is 85.1 Å². The summed E-state index contributed by atoms with van der Waals surface area (Å²) in [7, 11) is 0. The van der Waals surface area contributed by atoms with Gasteiger partial charge in [-0.25, -0.2) is 4.98 Å². The molecule has 4 heteroatoms. The third-order valence-corrected chi connectivity index (χ3v) is 5.01. The quantitative estimate of drug-likeness (QED) is 0.456. The maximum Gasteiger partial charge on any atom is 0.211 e. The highest BCUT2D eigenvalue weighted by Crippen LogP contribution is 2.38. The molecule has 28 heavy (non-hydrogen) atoms. The molecule has 0 atom stereocenters. The van der Waals surface area contributed by atoms with Gasteiger partial charge in [0, 0.05) is 34.3 Å². The number of fused-ring (bicyclic) bond motifs is 3. The lowest BCUT2D eigenvalue weighted by molar-refractivity contribution is 0.454. The molecule has 1 N–H and O–H groups in total. The number of aromatic hydroxyl groups is 1. The summed E-state index contributed by atoms with van der Waals surface area (Å²) < 4.78 is 2.21. The fourth-order valence-electron chi connectivity index (χ4n) is 3.79. The minimum Gasteiger partial charge on any atom is -0.493 e. The Bertz CT molecular complexity index is 1380. The van der Waals surface area contributed by atoms with E-state index in [9.17, 15) is 5.11 Å². The smallest absolute Gasteiger partial charge is 0.211 e. The van der Waals surface area contributed by atoms with Crippen LogP contribution in [0.25, 0.3) is 38.6 Å². The van der Waals surface area contributed by atoms with E-state index in [0.29, 0.717) is 5.56 Å². The molecule has 2 heterocycles. The Kier molecular flexibility index (Phi) is 3.60. The van der Waals surface area contributed by atoms with Crippen molar-refractivity contribution < 1.29 is 5.11 Å². The number of hydrogen-bond acceptors (Lipinski definition) is 3. The Balaban J connectivity index is 1.92. The van der Waals surface area contributed by atoms with Crippen LogP contribution in [0.3, 0.4) is 0 Å². The summed E-state index contributed by atoms with van der Waals surface area (Å²) in [6.07, 6.45) is 1.61. The third kappa shape index (κ3) is 2.42. The molecule has 0 spiro atoms. The van der Waals surface area contributed by atoms with Gasteiger partial charge in [-0.2, -0.15) is 5.26 Å². The van der Waals surface area contributed by atoms with Crippen LogP contribution in [0.2, 0.25) is 0 Å². The van der Waals surface area contributed by atoms with Crippen LogP contribution in [0.4, 0.5) is 0 Å². The Morgan fingerprint density at radius 1 is 0.857 bits per heavy atom. The largest absolute Gasteiger partial charge is 0.493 e. The molecule has 0 aliphatic carbocycles. The van der Waals surface area contributed by atoms with Gasteiger partial charge in [-0.15, -0.1) is 0 Å². The van der Waals surface area contributed by atoms with Gasteiger partial charge in [-0.05, 0) is 42.0 Å². The van der Waals surface area contributed by atoms with Crippen LogP contribution in [0, 0.1) is 11.3 Å². The Hall–Kier alpha value is -4.10. The summed E-state index contributed by atoms with van der Waals surface area (Å²) in [6, 6.07) is 27.8. The molecule has 132 valence electrons. The molecule has 5 rings (SSSR count). The molecule has 0 saturated carbocycles. The van der Waals surface area contributed by atoms with Crippen molar-refractivity contribution in [1.82, 2.24) is 9.55 Å². The first-order valence-corrected chi connectivity index (χ1v) is 8.94. The van der Waals surface area contributed by atoms with Gasteiger partial charge in [0.2, 0.25) is 5.88 Å². The van der Waals surface area contributed by atoms with E-state index in [1.807, 2.05) is 48.5 Å². The molecule has 0 amide bonds. The molecule has 0 aliphatic heterocycles. The van der Waals surface area contributed by atoms with Gasteiger partial charge in [0.25, 0.3) is 0 Å². The summed E-state index contributed by atoms with van der Waals surface area (Å²) in [4.78, 5) is 3.91. The second-order valence-electron chi connectivity index (χ2n) is 6.62. The van der Waals surface area contributed by atoms with Crippen molar-refractivity contribution in [3.63, 3.8) is 0 Å². The highest BCUT2D eigenvalue weighted by molar-refractivity contribution is 6.13. The molecule has 0 saturated heterocycles. The number of benzene rings is 3. The fourth-order valence-corrected chi connectivity index (χ4v) is 3.79. The van der Waals surface area contributed by atoms with Crippen molar-refractivity contribution >= 4 is 21.8 Å². The molecule has 3 aromatic carbocycles. The van der Waals surface area contributed by atoms with Gasteiger partial charge in [-0.3, -0.25) is 0 Å². The predicted molar refractivity (Wildman–Crippen MR) is 110 cm³/mol. The van der Waals surface area contributed by atoms with Gasteiger partial charge in [0.15, 0.2) is 0 Å². The van der Waals surface area contributed by atoms with Crippen molar-refractivity contribution in [2.24, 2.45) is 0 Å². The highest BCUT2D eigenvalue weighted by Gasteiger charge is 2.16. The normalized spacial score (nSPS) is 11.0. The molecule has 0 unspecified atom stereocenters. The molecule has 0 aliphatic rings. The van der Waals surface area contributed by atoms with Crippen LogP contribution in [0.1, 0.15) is 5.56 Å². The van der Waals surface area contributed by atoms with Gasteiger partial charge in [0.05, 0.1) is 22.7 Å². The molecule has 0 fully saturated rings. The standard InChI is InChI=1S/C24H15N3O/c25-15-16-8-10-18(11-9-16)27-22-7-2-1-4-20(22)21-6-3-5-19(24(21)27)17-12-13-26-23(28)14-17/h1-14H,(H,26,28). The van der Waals surface area contributed by atoms with E-state index >= 15 is 0 Å². The Labute approximate surface area is 161 Å². The Morgan fingerprint density at radius 3 is 2.43 bits per heavy atom. The molecule has 5 aromatic rings. The van der Waals surface area contributed by atoms with E-state index in [2.05, 4.69) is 39.9 Å². The van der Waals surface area contributed by atoms with E-state index in [-0.39, 0.29) is 5.88 Å². The zero-order valence-electron chi connectivity index (χ0n) is 14.9. The number of pyridine rings is 1. The van der Waals surface area contributed by atoms with Crippen molar-refractivity contribution in [3.8, 4) is 28.8 Å². The summed E-state index contributed by atoms with van der Waals surface area (Å²) in [5.74, 6) is -0.00413. The zero-order chi connectivity index (χ0) is 19.1. The molecular weight excluding hydrogens is 346 g/mol. The average molecular weight is 361 g/mol.